The number of rotatable bonds is 3. The highest BCUT2D eigenvalue weighted by atomic mass is 32.2. The molecule has 0 radical (unpaired) electrons. The first-order valence-corrected chi connectivity index (χ1v) is 7.71. The highest BCUT2D eigenvalue weighted by Crippen LogP contribution is 2.28. The lowest BCUT2D eigenvalue weighted by Crippen LogP contribution is -2.40. The second-order valence-electron chi connectivity index (χ2n) is 5.01. The molecule has 0 saturated carbocycles. The summed E-state index contributed by atoms with van der Waals surface area (Å²) in [5.74, 6) is 0. The predicted octanol–water partition coefficient (Wildman–Crippen LogP) is 1.01. The van der Waals surface area contributed by atoms with Crippen LogP contribution in [0.5, 0.6) is 0 Å². The number of sulfonamides is 1. The number of nitrogens with zero attached hydrogens (tertiary/aromatic N) is 2. The highest BCUT2D eigenvalue weighted by molar-refractivity contribution is 7.89. The average Bonchev–Trinajstić information content (AvgIpc) is 2.70. The second-order valence-corrected chi connectivity index (χ2v) is 6.90. The van der Waals surface area contributed by atoms with Gasteiger partial charge in [-0.15, -0.1) is 0 Å². The van der Waals surface area contributed by atoms with Crippen LogP contribution in [0.1, 0.15) is 18.9 Å². The zero-order valence-corrected chi connectivity index (χ0v) is 12.1. The lowest BCUT2D eigenvalue weighted by atomic mass is 10.2. The molecule has 0 bridgehead atoms. The first-order valence-electron chi connectivity index (χ1n) is 6.27. The van der Waals surface area contributed by atoms with E-state index in [1.807, 2.05) is 0 Å². The monoisotopic (exact) mass is 299 g/mol. The van der Waals surface area contributed by atoms with Crippen LogP contribution in [0.15, 0.2) is 23.1 Å². The van der Waals surface area contributed by atoms with E-state index in [9.17, 15) is 18.5 Å². The summed E-state index contributed by atoms with van der Waals surface area (Å²) in [6, 6.07) is 3.45. The molecule has 2 unspecified atom stereocenters. The molecule has 2 N–H and O–H groups in total. The molecule has 0 amide bonds. The van der Waals surface area contributed by atoms with Crippen LogP contribution in [0.2, 0.25) is 0 Å². The van der Waals surface area contributed by atoms with Crippen molar-refractivity contribution in [2.75, 3.05) is 6.54 Å². The van der Waals surface area contributed by atoms with E-state index in [2.05, 4.69) is 0 Å². The largest absolute Gasteiger partial charge is 0.326 e. The first kappa shape index (κ1) is 14.9. The van der Waals surface area contributed by atoms with Crippen molar-refractivity contribution < 1.29 is 13.3 Å². The molecule has 2 atom stereocenters. The van der Waals surface area contributed by atoms with E-state index in [4.69, 9.17) is 5.73 Å². The molecule has 0 aliphatic carbocycles. The quantitative estimate of drug-likeness (QED) is 0.662. The molecule has 0 spiro atoms. The van der Waals surface area contributed by atoms with Gasteiger partial charge >= 0.3 is 0 Å². The third-order valence-electron chi connectivity index (χ3n) is 3.74. The molecule has 1 saturated heterocycles. The molecule has 1 aromatic rings. The molecule has 2 rings (SSSR count). The summed E-state index contributed by atoms with van der Waals surface area (Å²) in [4.78, 5) is 10.3. The minimum atomic E-state index is -3.74. The maximum Gasteiger partial charge on any atom is 0.273 e. The molecule has 20 heavy (non-hydrogen) atoms. The van der Waals surface area contributed by atoms with Crippen LogP contribution in [0.25, 0.3) is 0 Å². The maximum atomic E-state index is 12.5. The fourth-order valence-electron chi connectivity index (χ4n) is 2.36. The molecule has 8 heteroatoms. The Labute approximate surface area is 117 Å². The summed E-state index contributed by atoms with van der Waals surface area (Å²) >= 11 is 0. The van der Waals surface area contributed by atoms with Crippen molar-refractivity contribution in [3.05, 3.63) is 33.9 Å². The number of aryl methyl sites for hydroxylation is 1. The van der Waals surface area contributed by atoms with Crippen LogP contribution in [0.4, 0.5) is 5.69 Å². The number of hydrogen-bond donors (Lipinski definition) is 1. The number of hydrogen-bond acceptors (Lipinski definition) is 5. The summed E-state index contributed by atoms with van der Waals surface area (Å²) in [6.07, 6.45) is 0.592. The third kappa shape index (κ3) is 2.41. The highest BCUT2D eigenvalue weighted by Gasteiger charge is 2.37. The normalized spacial score (nSPS) is 23.9. The number of nitrogens with two attached hydrogens (primary N) is 1. The van der Waals surface area contributed by atoms with Gasteiger partial charge in [-0.25, -0.2) is 8.42 Å². The van der Waals surface area contributed by atoms with E-state index in [0.29, 0.717) is 18.5 Å². The van der Waals surface area contributed by atoms with Crippen molar-refractivity contribution in [1.82, 2.24) is 4.31 Å². The molecule has 7 nitrogen and oxygen atoms in total. The van der Waals surface area contributed by atoms with Crippen molar-refractivity contribution in [3.8, 4) is 0 Å². The van der Waals surface area contributed by atoms with Gasteiger partial charge in [0, 0.05) is 30.3 Å². The predicted molar refractivity (Wildman–Crippen MR) is 73.8 cm³/mol. The minimum absolute atomic E-state index is 0.0595. The Morgan fingerprint density at radius 3 is 2.60 bits per heavy atom. The summed E-state index contributed by atoms with van der Waals surface area (Å²) in [6.45, 7) is 3.66. The minimum Gasteiger partial charge on any atom is -0.326 e. The van der Waals surface area contributed by atoms with E-state index in [1.165, 1.54) is 16.4 Å². The lowest BCUT2D eigenvalue weighted by molar-refractivity contribution is -0.385. The SMILES string of the molecule is Cc1ccc(S(=O)(=O)N2CCC(N)C2C)cc1[N+](=O)[O-]. The molecular formula is C12H17N3O4S. The molecule has 1 fully saturated rings. The zero-order valence-electron chi connectivity index (χ0n) is 11.3. The fourth-order valence-corrected chi connectivity index (χ4v) is 4.07. The number of benzene rings is 1. The van der Waals surface area contributed by atoms with Gasteiger partial charge in [0.05, 0.1) is 9.82 Å². The van der Waals surface area contributed by atoms with Gasteiger partial charge in [-0.1, -0.05) is 6.07 Å². The van der Waals surface area contributed by atoms with Crippen molar-refractivity contribution in [2.24, 2.45) is 5.73 Å². The molecule has 110 valence electrons. The van der Waals surface area contributed by atoms with Crippen molar-refractivity contribution in [1.29, 1.82) is 0 Å². The Hall–Kier alpha value is -1.51. The van der Waals surface area contributed by atoms with Gasteiger partial charge in [0.25, 0.3) is 5.69 Å². The molecule has 1 aromatic carbocycles. The van der Waals surface area contributed by atoms with Crippen molar-refractivity contribution in [2.45, 2.75) is 37.2 Å². The van der Waals surface area contributed by atoms with E-state index in [1.54, 1.807) is 13.8 Å². The van der Waals surface area contributed by atoms with Crippen LogP contribution < -0.4 is 5.73 Å². The van der Waals surface area contributed by atoms with Crippen LogP contribution in [-0.4, -0.2) is 36.3 Å². The van der Waals surface area contributed by atoms with Crippen LogP contribution >= 0.6 is 0 Å². The van der Waals surface area contributed by atoms with Gasteiger partial charge in [-0.05, 0) is 26.3 Å². The first-order chi connectivity index (χ1) is 9.25. The Balaban J connectivity index is 2.45. The Morgan fingerprint density at radius 1 is 1.45 bits per heavy atom. The fraction of sp³-hybridized carbons (Fsp3) is 0.500. The van der Waals surface area contributed by atoms with Gasteiger partial charge < -0.3 is 5.73 Å². The summed E-state index contributed by atoms with van der Waals surface area (Å²) < 4.78 is 26.4. The van der Waals surface area contributed by atoms with Crippen molar-refractivity contribution in [3.63, 3.8) is 0 Å². The smallest absolute Gasteiger partial charge is 0.273 e. The van der Waals surface area contributed by atoms with E-state index < -0.39 is 14.9 Å². The zero-order chi connectivity index (χ0) is 15.1. The summed E-state index contributed by atoms with van der Waals surface area (Å²) in [5, 5.41) is 10.9. The Bertz CT molecular complexity index is 644. The molecule has 1 aliphatic rings. The van der Waals surface area contributed by atoms with E-state index in [0.717, 1.165) is 6.07 Å². The summed E-state index contributed by atoms with van der Waals surface area (Å²) in [7, 11) is -3.74. The lowest BCUT2D eigenvalue weighted by Gasteiger charge is -2.22. The van der Waals surface area contributed by atoms with Gasteiger partial charge in [-0.2, -0.15) is 4.31 Å². The molecule has 1 aliphatic heterocycles. The van der Waals surface area contributed by atoms with E-state index >= 15 is 0 Å². The van der Waals surface area contributed by atoms with Crippen LogP contribution in [-0.2, 0) is 10.0 Å². The third-order valence-corrected chi connectivity index (χ3v) is 5.72. The van der Waals surface area contributed by atoms with Crippen molar-refractivity contribution >= 4 is 15.7 Å². The molecule has 1 heterocycles. The standard InChI is InChI=1S/C12H17N3O4S/c1-8-3-4-10(7-12(8)15(16)17)20(18,19)14-6-5-11(13)9(14)2/h3-4,7,9,11H,5-6,13H2,1-2H3. The van der Waals surface area contributed by atoms with Crippen LogP contribution in [0, 0.1) is 17.0 Å². The number of nitro benzene ring substituents is 1. The Kier molecular flexibility index (Phi) is 3.81. The molecular weight excluding hydrogens is 282 g/mol. The number of nitro groups is 1. The maximum absolute atomic E-state index is 12.5. The molecule has 0 aromatic heterocycles. The van der Waals surface area contributed by atoms with Crippen LogP contribution in [0.3, 0.4) is 0 Å². The van der Waals surface area contributed by atoms with E-state index in [-0.39, 0.29) is 22.7 Å². The van der Waals surface area contributed by atoms with Gasteiger partial charge in [0.15, 0.2) is 0 Å². The second kappa shape index (κ2) is 5.12. The topological polar surface area (TPSA) is 107 Å². The van der Waals surface area contributed by atoms with Gasteiger partial charge in [0.1, 0.15) is 0 Å². The van der Waals surface area contributed by atoms with Gasteiger partial charge in [-0.3, -0.25) is 10.1 Å². The van der Waals surface area contributed by atoms with Gasteiger partial charge in [0.2, 0.25) is 10.0 Å². The average molecular weight is 299 g/mol. The summed E-state index contributed by atoms with van der Waals surface area (Å²) in [5.41, 5.74) is 6.07. The Morgan fingerprint density at radius 2 is 2.10 bits per heavy atom.